The molecule has 4 rings (SSSR count). The van der Waals surface area contributed by atoms with Crippen LogP contribution >= 0.6 is 11.8 Å². The van der Waals surface area contributed by atoms with E-state index < -0.39 is 10.3 Å². The lowest BCUT2D eigenvalue weighted by Crippen LogP contribution is -2.28. The smallest absolute Gasteiger partial charge is 0.275 e. The summed E-state index contributed by atoms with van der Waals surface area (Å²) in [6, 6.07) is 20.4. The van der Waals surface area contributed by atoms with Gasteiger partial charge in [0.05, 0.1) is 16.2 Å². The summed E-state index contributed by atoms with van der Waals surface area (Å²) in [6.07, 6.45) is 0. The van der Waals surface area contributed by atoms with Crippen LogP contribution in [0.25, 0.3) is 10.8 Å². The number of nitro benzene ring substituents is 1. The average Bonchev–Trinajstić information content (AvgIpc) is 3.02. The molecule has 1 saturated heterocycles. The second-order valence-corrected chi connectivity index (χ2v) is 6.84. The van der Waals surface area contributed by atoms with Crippen LogP contribution in [0.3, 0.4) is 0 Å². The molecule has 5 nitrogen and oxygen atoms in total. The number of rotatable bonds is 3. The van der Waals surface area contributed by atoms with Crippen LogP contribution in [0.4, 0.5) is 11.4 Å². The van der Waals surface area contributed by atoms with Crippen molar-refractivity contribution in [3.8, 4) is 0 Å². The molecule has 0 aliphatic carbocycles. The molecule has 1 amide bonds. The van der Waals surface area contributed by atoms with E-state index in [1.807, 2.05) is 42.5 Å². The number of hydrogen-bond donors (Lipinski definition) is 0. The zero-order valence-electron chi connectivity index (χ0n) is 13.2. The Balaban J connectivity index is 1.81. The number of nitrogens with zero attached hydrogens (tertiary/aromatic N) is 2. The molecule has 0 radical (unpaired) electrons. The van der Waals surface area contributed by atoms with Gasteiger partial charge in [0.2, 0.25) is 5.91 Å². The van der Waals surface area contributed by atoms with Crippen LogP contribution in [-0.2, 0) is 4.79 Å². The van der Waals surface area contributed by atoms with Crippen molar-refractivity contribution in [3.05, 3.63) is 82.4 Å². The molecule has 1 aliphatic heterocycles. The van der Waals surface area contributed by atoms with Crippen molar-refractivity contribution in [3.63, 3.8) is 0 Å². The highest BCUT2D eigenvalue weighted by Gasteiger charge is 2.37. The number of para-hydroxylation sites is 1. The topological polar surface area (TPSA) is 63.4 Å². The minimum Gasteiger partial charge on any atom is -0.295 e. The quantitative estimate of drug-likeness (QED) is 0.514. The van der Waals surface area contributed by atoms with Crippen LogP contribution in [0.1, 0.15) is 10.9 Å². The van der Waals surface area contributed by atoms with Gasteiger partial charge >= 0.3 is 0 Å². The number of fused-ring (bicyclic) bond motifs is 1. The first kappa shape index (κ1) is 15.7. The number of nitro groups is 1. The normalized spacial score (nSPS) is 17.2. The van der Waals surface area contributed by atoms with Crippen LogP contribution in [0.2, 0.25) is 0 Å². The monoisotopic (exact) mass is 350 g/mol. The number of thioether (sulfide) groups is 1. The van der Waals surface area contributed by atoms with Gasteiger partial charge in [-0.1, -0.05) is 42.5 Å². The molecular formula is C19H14N2O3S. The fraction of sp³-hybridized carbons (Fsp3) is 0.105. The zero-order chi connectivity index (χ0) is 17.4. The third-order valence-corrected chi connectivity index (χ3v) is 5.47. The highest BCUT2D eigenvalue weighted by atomic mass is 32.2. The van der Waals surface area contributed by atoms with Gasteiger partial charge in [-0.25, -0.2) is 0 Å². The lowest BCUT2D eigenvalue weighted by Gasteiger charge is -2.24. The highest BCUT2D eigenvalue weighted by Crippen LogP contribution is 2.45. The van der Waals surface area contributed by atoms with Crippen LogP contribution in [-0.4, -0.2) is 16.6 Å². The van der Waals surface area contributed by atoms with Gasteiger partial charge in [-0.2, -0.15) is 0 Å². The molecule has 25 heavy (non-hydrogen) atoms. The summed E-state index contributed by atoms with van der Waals surface area (Å²) in [5.41, 5.74) is 1.36. The second kappa shape index (κ2) is 6.22. The Morgan fingerprint density at radius 2 is 1.72 bits per heavy atom. The third-order valence-electron chi connectivity index (χ3n) is 4.28. The molecule has 0 unspecified atom stereocenters. The molecule has 1 aliphatic rings. The van der Waals surface area contributed by atoms with Gasteiger partial charge in [-0.3, -0.25) is 19.8 Å². The minimum absolute atomic E-state index is 0.0385. The maximum Gasteiger partial charge on any atom is 0.275 e. The molecule has 3 aromatic rings. The van der Waals surface area contributed by atoms with Crippen molar-refractivity contribution in [1.29, 1.82) is 0 Å². The number of anilines is 1. The Hall–Kier alpha value is -2.86. The number of carbonyl (C=O) groups is 1. The van der Waals surface area contributed by atoms with Crippen LogP contribution < -0.4 is 4.90 Å². The van der Waals surface area contributed by atoms with Crippen molar-refractivity contribution in [2.45, 2.75) is 5.37 Å². The van der Waals surface area contributed by atoms with E-state index in [9.17, 15) is 14.9 Å². The summed E-state index contributed by atoms with van der Waals surface area (Å²) >= 11 is 1.42. The summed E-state index contributed by atoms with van der Waals surface area (Å²) in [6.45, 7) is 0. The van der Waals surface area contributed by atoms with Crippen LogP contribution in [0, 0.1) is 10.1 Å². The molecule has 0 spiro atoms. The van der Waals surface area contributed by atoms with Crippen molar-refractivity contribution >= 4 is 39.8 Å². The zero-order valence-corrected chi connectivity index (χ0v) is 14.0. The average molecular weight is 350 g/mol. The standard InChI is InChI=1S/C19H14N2O3S/c22-18-12-25-19(16-7-3-4-8-17(16)21(23)24)20(18)15-10-9-13-5-1-2-6-14(13)11-15/h1-11,19H,12H2/t19-/m0/s1. The number of carbonyl (C=O) groups excluding carboxylic acids is 1. The van der Waals surface area contributed by atoms with Crippen LogP contribution in [0.5, 0.6) is 0 Å². The summed E-state index contributed by atoms with van der Waals surface area (Å²) < 4.78 is 0. The lowest BCUT2D eigenvalue weighted by atomic mass is 10.1. The number of benzene rings is 3. The van der Waals surface area contributed by atoms with E-state index in [0.29, 0.717) is 11.3 Å². The van der Waals surface area contributed by atoms with Gasteiger partial charge in [0.1, 0.15) is 5.37 Å². The molecule has 0 N–H and O–H groups in total. The maximum absolute atomic E-state index is 12.5. The molecule has 1 heterocycles. The molecule has 124 valence electrons. The number of amides is 1. The first-order valence-electron chi connectivity index (χ1n) is 7.81. The Kier molecular flexibility index (Phi) is 3.89. The molecule has 1 fully saturated rings. The molecule has 0 saturated carbocycles. The van der Waals surface area contributed by atoms with Crippen molar-refractivity contribution in [2.24, 2.45) is 0 Å². The first-order chi connectivity index (χ1) is 12.1. The summed E-state index contributed by atoms with van der Waals surface area (Å²) in [5, 5.41) is 13.1. The Morgan fingerprint density at radius 3 is 2.52 bits per heavy atom. The van der Waals surface area contributed by atoms with E-state index in [-0.39, 0.29) is 11.6 Å². The van der Waals surface area contributed by atoms with Gasteiger partial charge in [-0.05, 0) is 29.0 Å². The van der Waals surface area contributed by atoms with E-state index in [2.05, 4.69) is 0 Å². The largest absolute Gasteiger partial charge is 0.295 e. The molecule has 3 aromatic carbocycles. The van der Waals surface area contributed by atoms with E-state index >= 15 is 0 Å². The van der Waals surface area contributed by atoms with Crippen molar-refractivity contribution in [1.82, 2.24) is 0 Å². The Bertz CT molecular complexity index is 989. The third kappa shape index (κ3) is 2.74. The SMILES string of the molecule is O=C1CS[C@@H](c2ccccc2[N+](=O)[O-])N1c1ccc2ccccc2c1. The van der Waals surface area contributed by atoms with Gasteiger partial charge in [0.15, 0.2) is 0 Å². The van der Waals surface area contributed by atoms with E-state index in [1.165, 1.54) is 17.8 Å². The summed E-state index contributed by atoms with van der Waals surface area (Å²) in [7, 11) is 0. The van der Waals surface area contributed by atoms with Gasteiger partial charge in [0.25, 0.3) is 5.69 Å². The summed E-state index contributed by atoms with van der Waals surface area (Å²) in [5.74, 6) is 0.271. The molecule has 0 bridgehead atoms. The van der Waals surface area contributed by atoms with Gasteiger partial charge in [-0.15, -0.1) is 11.8 Å². The predicted octanol–water partition coefficient (Wildman–Crippen LogP) is 4.53. The molecule has 1 atom stereocenters. The molecule has 6 heteroatoms. The van der Waals surface area contributed by atoms with Gasteiger partial charge < -0.3 is 0 Å². The van der Waals surface area contributed by atoms with E-state index in [1.54, 1.807) is 23.1 Å². The van der Waals surface area contributed by atoms with E-state index in [0.717, 1.165) is 16.5 Å². The molecular weight excluding hydrogens is 336 g/mol. The highest BCUT2D eigenvalue weighted by molar-refractivity contribution is 8.00. The first-order valence-corrected chi connectivity index (χ1v) is 8.86. The predicted molar refractivity (Wildman–Crippen MR) is 99.7 cm³/mol. The Morgan fingerprint density at radius 1 is 1.00 bits per heavy atom. The van der Waals surface area contributed by atoms with E-state index in [4.69, 9.17) is 0 Å². The fourth-order valence-electron chi connectivity index (χ4n) is 3.12. The number of hydrogen-bond acceptors (Lipinski definition) is 4. The lowest BCUT2D eigenvalue weighted by molar-refractivity contribution is -0.385. The van der Waals surface area contributed by atoms with Crippen LogP contribution in [0.15, 0.2) is 66.7 Å². The van der Waals surface area contributed by atoms with Crippen molar-refractivity contribution < 1.29 is 9.72 Å². The summed E-state index contributed by atoms with van der Waals surface area (Å²) in [4.78, 5) is 25.2. The van der Waals surface area contributed by atoms with Gasteiger partial charge in [0, 0.05) is 11.8 Å². The fourth-order valence-corrected chi connectivity index (χ4v) is 4.33. The maximum atomic E-state index is 12.5. The molecule has 0 aromatic heterocycles. The Labute approximate surface area is 148 Å². The second-order valence-electron chi connectivity index (χ2n) is 5.77. The minimum atomic E-state index is -0.393. The van der Waals surface area contributed by atoms with Crippen molar-refractivity contribution in [2.75, 3.05) is 10.7 Å².